The first kappa shape index (κ1) is 14.4. The van der Waals surface area contributed by atoms with Crippen LogP contribution in [0.25, 0.3) is 0 Å². The summed E-state index contributed by atoms with van der Waals surface area (Å²) in [5, 5.41) is 0. The van der Waals surface area contributed by atoms with Crippen LogP contribution in [0.4, 0.5) is 0 Å². The van der Waals surface area contributed by atoms with Crippen LogP contribution in [0.5, 0.6) is 0 Å². The molecule has 1 nitrogen and oxygen atoms in total. The first-order valence-electron chi connectivity index (χ1n) is 6.47. The fourth-order valence-electron chi connectivity index (χ4n) is 1.84. The van der Waals surface area contributed by atoms with Gasteiger partial charge in [-0.25, -0.2) is 0 Å². The Morgan fingerprint density at radius 1 is 0.933 bits per heavy atom. The van der Waals surface area contributed by atoms with Crippen molar-refractivity contribution < 1.29 is 4.79 Å². The molecule has 0 spiro atoms. The van der Waals surface area contributed by atoms with Gasteiger partial charge in [-0.05, 0) is 24.8 Å². The molecule has 0 aromatic carbocycles. The summed E-state index contributed by atoms with van der Waals surface area (Å²) in [4.78, 5) is 10.3. The zero-order chi connectivity index (χ0) is 11.4. The topological polar surface area (TPSA) is 17.1 Å². The second-order valence-electron chi connectivity index (χ2n) is 4.27. The minimum Gasteiger partial charge on any atom is -0.299 e. The van der Waals surface area contributed by atoms with Crippen LogP contribution < -0.4 is 0 Å². The normalized spacial score (nSPS) is 13.2. The van der Waals surface area contributed by atoms with E-state index in [0.717, 1.165) is 6.29 Å². The van der Waals surface area contributed by atoms with Crippen LogP contribution >= 0.6 is 0 Å². The highest BCUT2D eigenvalue weighted by Crippen LogP contribution is 2.18. The van der Waals surface area contributed by atoms with Crippen LogP contribution in [-0.4, -0.2) is 6.29 Å². The van der Waals surface area contributed by atoms with Gasteiger partial charge in [0.1, 0.15) is 6.29 Å². The number of carbonyl (C=O) groups is 1. The number of unbranched alkanes of at least 4 members (excludes halogenated alkanes) is 4. The van der Waals surface area contributed by atoms with Gasteiger partial charge in [0, 0.05) is 0 Å². The van der Waals surface area contributed by atoms with Crippen LogP contribution in [-0.2, 0) is 4.79 Å². The van der Waals surface area contributed by atoms with Crippen molar-refractivity contribution >= 4 is 6.29 Å². The van der Waals surface area contributed by atoms with Gasteiger partial charge in [0.05, 0.1) is 0 Å². The van der Waals surface area contributed by atoms with Crippen molar-refractivity contribution in [3.05, 3.63) is 12.2 Å². The maximum absolute atomic E-state index is 10.3. The van der Waals surface area contributed by atoms with Crippen molar-refractivity contribution in [2.75, 3.05) is 0 Å². The fraction of sp³-hybridized carbons (Fsp3) is 0.786. The molecule has 15 heavy (non-hydrogen) atoms. The van der Waals surface area contributed by atoms with Gasteiger partial charge >= 0.3 is 0 Å². The minimum atomic E-state index is 0.631. The molecule has 0 radical (unpaired) electrons. The number of hydrogen-bond acceptors (Lipinski definition) is 1. The number of hydrogen-bond donors (Lipinski definition) is 0. The summed E-state index contributed by atoms with van der Waals surface area (Å²) in [7, 11) is 0. The molecule has 0 N–H and O–H groups in total. The highest BCUT2D eigenvalue weighted by atomic mass is 16.1. The van der Waals surface area contributed by atoms with E-state index < -0.39 is 0 Å². The molecule has 0 bridgehead atoms. The third-order valence-electron chi connectivity index (χ3n) is 2.82. The van der Waals surface area contributed by atoms with E-state index in [4.69, 9.17) is 0 Å². The van der Waals surface area contributed by atoms with Crippen molar-refractivity contribution in [1.82, 2.24) is 0 Å². The summed E-state index contributed by atoms with van der Waals surface area (Å²) in [6.45, 7) is 4.46. The monoisotopic (exact) mass is 210 g/mol. The van der Waals surface area contributed by atoms with Crippen LogP contribution in [0.3, 0.4) is 0 Å². The van der Waals surface area contributed by atoms with E-state index in [1.54, 1.807) is 6.08 Å². The molecule has 88 valence electrons. The number of aldehydes is 1. The SMILES string of the molecule is CCCCCCC(/C=C\C=O)CCCC. The van der Waals surface area contributed by atoms with Gasteiger partial charge in [-0.3, -0.25) is 4.79 Å². The van der Waals surface area contributed by atoms with Crippen molar-refractivity contribution in [1.29, 1.82) is 0 Å². The number of carbonyl (C=O) groups excluding carboxylic acids is 1. The van der Waals surface area contributed by atoms with Gasteiger partial charge in [0.2, 0.25) is 0 Å². The standard InChI is InChI=1S/C14H26O/c1-3-5-7-8-11-14(10-6-4-2)12-9-13-15/h9,12-14H,3-8,10-11H2,1-2H3/b12-9-. The zero-order valence-corrected chi connectivity index (χ0v) is 10.4. The Morgan fingerprint density at radius 2 is 1.60 bits per heavy atom. The average Bonchev–Trinajstić information content (AvgIpc) is 2.27. The Bertz CT molecular complexity index is 161. The molecule has 1 heteroatoms. The third kappa shape index (κ3) is 9.71. The molecular formula is C14H26O. The predicted octanol–water partition coefficient (Wildman–Crippen LogP) is 4.52. The van der Waals surface area contributed by atoms with E-state index in [1.807, 2.05) is 0 Å². The van der Waals surface area contributed by atoms with E-state index in [-0.39, 0.29) is 0 Å². The highest BCUT2D eigenvalue weighted by Gasteiger charge is 2.03. The van der Waals surface area contributed by atoms with Crippen molar-refractivity contribution in [3.63, 3.8) is 0 Å². The molecule has 0 aliphatic heterocycles. The maximum Gasteiger partial charge on any atom is 0.142 e. The molecule has 0 saturated heterocycles. The zero-order valence-electron chi connectivity index (χ0n) is 10.4. The Morgan fingerprint density at radius 3 is 2.20 bits per heavy atom. The molecule has 0 rings (SSSR count). The molecule has 0 aliphatic rings. The predicted molar refractivity (Wildman–Crippen MR) is 67.0 cm³/mol. The van der Waals surface area contributed by atoms with Gasteiger partial charge < -0.3 is 0 Å². The van der Waals surface area contributed by atoms with E-state index >= 15 is 0 Å². The third-order valence-corrected chi connectivity index (χ3v) is 2.82. The summed E-state index contributed by atoms with van der Waals surface area (Å²) < 4.78 is 0. The van der Waals surface area contributed by atoms with Crippen LogP contribution in [0.2, 0.25) is 0 Å². The van der Waals surface area contributed by atoms with E-state index in [9.17, 15) is 4.79 Å². The molecule has 0 fully saturated rings. The molecule has 1 atom stereocenters. The van der Waals surface area contributed by atoms with Gasteiger partial charge in [0.15, 0.2) is 0 Å². The summed E-state index contributed by atoms with van der Waals surface area (Å²) in [6.07, 6.45) is 15.0. The minimum absolute atomic E-state index is 0.631. The first-order valence-corrected chi connectivity index (χ1v) is 6.47. The summed E-state index contributed by atoms with van der Waals surface area (Å²) >= 11 is 0. The molecule has 0 aromatic heterocycles. The number of rotatable bonds is 10. The second-order valence-corrected chi connectivity index (χ2v) is 4.27. The quantitative estimate of drug-likeness (QED) is 0.294. The molecule has 0 aliphatic carbocycles. The van der Waals surface area contributed by atoms with Gasteiger partial charge in [-0.1, -0.05) is 58.4 Å². The summed E-state index contributed by atoms with van der Waals surface area (Å²) in [5.41, 5.74) is 0. The van der Waals surface area contributed by atoms with Gasteiger partial charge in [-0.2, -0.15) is 0 Å². The molecule has 0 heterocycles. The smallest absolute Gasteiger partial charge is 0.142 e. The van der Waals surface area contributed by atoms with Crippen LogP contribution in [0.1, 0.15) is 65.2 Å². The molecule has 1 unspecified atom stereocenters. The van der Waals surface area contributed by atoms with Crippen molar-refractivity contribution in [2.24, 2.45) is 5.92 Å². The Kier molecular flexibility index (Phi) is 11.0. The largest absolute Gasteiger partial charge is 0.299 e. The van der Waals surface area contributed by atoms with Crippen molar-refractivity contribution in [3.8, 4) is 0 Å². The number of allylic oxidation sites excluding steroid dienone is 2. The van der Waals surface area contributed by atoms with E-state index in [1.165, 1.54) is 51.4 Å². The maximum atomic E-state index is 10.3. The Hall–Kier alpha value is -0.590. The van der Waals surface area contributed by atoms with E-state index in [2.05, 4.69) is 19.9 Å². The average molecular weight is 210 g/mol. The molecule has 0 amide bonds. The van der Waals surface area contributed by atoms with Gasteiger partial charge in [-0.15, -0.1) is 0 Å². The van der Waals surface area contributed by atoms with Crippen LogP contribution in [0, 0.1) is 5.92 Å². The highest BCUT2D eigenvalue weighted by molar-refractivity contribution is 5.64. The lowest BCUT2D eigenvalue weighted by Crippen LogP contribution is -1.97. The molecular weight excluding hydrogens is 184 g/mol. The summed E-state index contributed by atoms with van der Waals surface area (Å²) in [5.74, 6) is 0.631. The lowest BCUT2D eigenvalue weighted by Gasteiger charge is -2.11. The summed E-state index contributed by atoms with van der Waals surface area (Å²) in [6, 6.07) is 0. The molecule has 0 saturated carbocycles. The van der Waals surface area contributed by atoms with Crippen molar-refractivity contribution in [2.45, 2.75) is 65.2 Å². The lowest BCUT2D eigenvalue weighted by atomic mass is 9.95. The molecule has 0 aromatic rings. The second kappa shape index (κ2) is 11.5. The lowest BCUT2D eigenvalue weighted by molar-refractivity contribution is -0.104. The first-order chi connectivity index (χ1) is 7.35. The van der Waals surface area contributed by atoms with Crippen LogP contribution in [0.15, 0.2) is 12.2 Å². The Labute approximate surface area is 95.0 Å². The Balaban J connectivity index is 3.68. The fourth-order valence-corrected chi connectivity index (χ4v) is 1.84. The van der Waals surface area contributed by atoms with Gasteiger partial charge in [0.25, 0.3) is 0 Å². The van der Waals surface area contributed by atoms with E-state index in [0.29, 0.717) is 5.92 Å².